The van der Waals surface area contributed by atoms with Gasteiger partial charge in [-0.25, -0.2) is 0 Å². The van der Waals surface area contributed by atoms with Crippen LogP contribution in [-0.4, -0.2) is 0 Å². The van der Waals surface area contributed by atoms with E-state index in [1.165, 1.54) is 75.5 Å². The molecule has 0 aliphatic heterocycles. The number of nitrogens with zero attached hydrogens (tertiary/aromatic N) is 2. The van der Waals surface area contributed by atoms with Gasteiger partial charge in [0.1, 0.15) is 0 Å². The van der Waals surface area contributed by atoms with Crippen molar-refractivity contribution in [2.75, 3.05) is 9.80 Å². The van der Waals surface area contributed by atoms with Crippen LogP contribution in [0.15, 0.2) is 231 Å². The highest BCUT2D eigenvalue weighted by atomic mass is 32.1. The van der Waals surface area contributed by atoms with Crippen LogP contribution < -0.4 is 9.80 Å². The second-order valence-corrected chi connectivity index (χ2v) is 17.5. The van der Waals surface area contributed by atoms with Crippen molar-refractivity contribution in [1.29, 1.82) is 0 Å². The Hall–Kier alpha value is -7.72. The standard InChI is InChI=1S/C59H38N2S/c1-3-20-42(21-4-1)60(44-31-30-39-16-7-8-18-41(39)36-44)45-32-34-49-48-25-11-13-27-52(48)59(53(49)37-45)54-38-46(33-35-50(54)57-51-26-12-14-29-56(51)62-58(57)59)61(43-22-5-2-6-23-43)55-28-15-19-40-17-9-10-24-47(40)55/h1-38H. The number of hydrogen-bond acceptors (Lipinski definition) is 3. The van der Waals surface area contributed by atoms with E-state index in [0.29, 0.717) is 0 Å². The van der Waals surface area contributed by atoms with Crippen LogP contribution in [-0.2, 0) is 5.41 Å². The van der Waals surface area contributed by atoms with Crippen LogP contribution in [0.3, 0.4) is 0 Å². The largest absolute Gasteiger partial charge is 0.310 e. The summed E-state index contributed by atoms with van der Waals surface area (Å²) in [6, 6.07) is 85.2. The van der Waals surface area contributed by atoms with Gasteiger partial charge in [0.2, 0.25) is 0 Å². The van der Waals surface area contributed by atoms with E-state index in [1.807, 2.05) is 11.3 Å². The average molecular weight is 807 g/mol. The molecule has 0 amide bonds. The molecule has 10 aromatic carbocycles. The maximum atomic E-state index is 2.52. The Morgan fingerprint density at radius 3 is 1.68 bits per heavy atom. The van der Waals surface area contributed by atoms with E-state index in [1.54, 1.807) is 0 Å². The summed E-state index contributed by atoms with van der Waals surface area (Å²) in [5.74, 6) is 0. The molecule has 0 radical (unpaired) electrons. The highest BCUT2D eigenvalue weighted by Crippen LogP contribution is 2.67. The van der Waals surface area contributed by atoms with Crippen molar-refractivity contribution in [3.8, 4) is 22.3 Å². The molecule has 2 aliphatic rings. The van der Waals surface area contributed by atoms with Gasteiger partial charge in [0.15, 0.2) is 0 Å². The first-order valence-corrected chi connectivity index (χ1v) is 22.2. The minimum absolute atomic E-state index is 0.556. The van der Waals surface area contributed by atoms with Gasteiger partial charge in [0.25, 0.3) is 0 Å². The molecule has 62 heavy (non-hydrogen) atoms. The zero-order valence-corrected chi connectivity index (χ0v) is 34.6. The summed E-state index contributed by atoms with van der Waals surface area (Å²) in [7, 11) is 0. The van der Waals surface area contributed by atoms with Crippen molar-refractivity contribution in [3.05, 3.63) is 252 Å². The quantitative estimate of drug-likeness (QED) is 0.165. The van der Waals surface area contributed by atoms with Crippen LogP contribution in [0.2, 0.25) is 0 Å². The van der Waals surface area contributed by atoms with Gasteiger partial charge in [0, 0.05) is 54.3 Å². The molecule has 0 fully saturated rings. The van der Waals surface area contributed by atoms with Gasteiger partial charge in [-0.15, -0.1) is 11.3 Å². The Morgan fingerprint density at radius 1 is 0.323 bits per heavy atom. The molecule has 0 saturated heterocycles. The summed E-state index contributed by atoms with van der Waals surface area (Å²) >= 11 is 1.96. The van der Waals surface area contributed by atoms with Crippen molar-refractivity contribution in [1.82, 2.24) is 0 Å². The fraction of sp³-hybridized carbons (Fsp3) is 0.0169. The van der Waals surface area contributed by atoms with Gasteiger partial charge in [-0.1, -0.05) is 158 Å². The normalized spacial score (nSPS) is 14.5. The van der Waals surface area contributed by atoms with Crippen LogP contribution >= 0.6 is 11.3 Å². The molecule has 0 bridgehead atoms. The van der Waals surface area contributed by atoms with Crippen molar-refractivity contribution in [2.45, 2.75) is 5.41 Å². The van der Waals surface area contributed by atoms with Gasteiger partial charge < -0.3 is 9.80 Å². The third-order valence-corrected chi connectivity index (χ3v) is 14.5. The van der Waals surface area contributed by atoms with Crippen LogP contribution in [0.4, 0.5) is 34.1 Å². The second kappa shape index (κ2) is 13.7. The summed E-state index contributed by atoms with van der Waals surface area (Å²) in [6.07, 6.45) is 0. The van der Waals surface area contributed by atoms with Crippen LogP contribution in [0.1, 0.15) is 21.6 Å². The molecular formula is C59H38N2S. The van der Waals surface area contributed by atoms with Crippen LogP contribution in [0.5, 0.6) is 0 Å². The Kier molecular flexibility index (Phi) is 7.72. The molecule has 0 N–H and O–H groups in total. The number of thiophene rings is 1. The number of rotatable bonds is 6. The first-order valence-electron chi connectivity index (χ1n) is 21.3. The van der Waals surface area contributed by atoms with Crippen molar-refractivity contribution in [2.24, 2.45) is 0 Å². The molecule has 1 atom stereocenters. The minimum atomic E-state index is -0.556. The van der Waals surface area contributed by atoms with E-state index >= 15 is 0 Å². The first kappa shape index (κ1) is 35.1. The molecule has 2 nitrogen and oxygen atoms in total. The van der Waals surface area contributed by atoms with Gasteiger partial charge in [-0.3, -0.25) is 0 Å². The monoisotopic (exact) mass is 806 g/mol. The van der Waals surface area contributed by atoms with E-state index in [0.717, 1.165) is 34.1 Å². The molecule has 2 aliphatic carbocycles. The highest BCUT2D eigenvalue weighted by molar-refractivity contribution is 7.20. The molecule has 11 aromatic rings. The second-order valence-electron chi connectivity index (χ2n) is 16.4. The van der Waals surface area contributed by atoms with Crippen molar-refractivity contribution in [3.63, 3.8) is 0 Å². The van der Waals surface area contributed by atoms with Gasteiger partial charge in [-0.2, -0.15) is 0 Å². The van der Waals surface area contributed by atoms with E-state index in [-0.39, 0.29) is 0 Å². The van der Waals surface area contributed by atoms with E-state index < -0.39 is 5.41 Å². The summed E-state index contributed by atoms with van der Waals surface area (Å²) in [5.41, 5.74) is 15.4. The van der Waals surface area contributed by atoms with Crippen molar-refractivity contribution < 1.29 is 0 Å². The molecule has 13 rings (SSSR count). The predicted molar refractivity (Wildman–Crippen MR) is 263 cm³/mol. The molecule has 1 aromatic heterocycles. The fourth-order valence-electron chi connectivity index (χ4n) is 10.6. The summed E-state index contributed by atoms with van der Waals surface area (Å²) < 4.78 is 1.32. The van der Waals surface area contributed by atoms with Crippen molar-refractivity contribution >= 4 is 77.1 Å². The SMILES string of the molecule is c1ccc(N(c2ccc3c(c2)C2(c4ccccc4-3)c3cc(N(c4ccccc4)c4cccc5ccccc45)ccc3-c3c2sc2ccccc32)c2ccc3ccccc3c2)cc1. The number of hydrogen-bond donors (Lipinski definition) is 0. The number of anilines is 6. The molecular weight excluding hydrogens is 769 g/mol. The molecule has 290 valence electrons. The number of fused-ring (bicyclic) bond motifs is 14. The third-order valence-electron chi connectivity index (χ3n) is 13.2. The van der Waals surface area contributed by atoms with Gasteiger partial charge >= 0.3 is 0 Å². The molecule has 0 saturated carbocycles. The average Bonchev–Trinajstić information content (AvgIpc) is 3.96. The summed E-state index contributed by atoms with van der Waals surface area (Å²) in [5, 5.41) is 6.21. The first-order chi connectivity index (χ1) is 30.8. The van der Waals surface area contributed by atoms with Crippen LogP contribution in [0, 0.1) is 0 Å². The van der Waals surface area contributed by atoms with E-state index in [2.05, 4.69) is 240 Å². The third kappa shape index (κ3) is 5.03. The van der Waals surface area contributed by atoms with E-state index in [9.17, 15) is 0 Å². The lowest BCUT2D eigenvalue weighted by Crippen LogP contribution is -2.25. The lowest BCUT2D eigenvalue weighted by Gasteiger charge is -2.33. The minimum Gasteiger partial charge on any atom is -0.310 e. The highest BCUT2D eigenvalue weighted by Gasteiger charge is 2.54. The molecule has 1 spiro atoms. The van der Waals surface area contributed by atoms with Gasteiger partial charge in [0.05, 0.1) is 11.1 Å². The zero-order chi connectivity index (χ0) is 40.8. The lowest BCUT2D eigenvalue weighted by atomic mass is 9.73. The molecule has 1 heterocycles. The number of benzene rings is 10. The van der Waals surface area contributed by atoms with Gasteiger partial charge in [-0.05, 0) is 122 Å². The summed E-state index contributed by atoms with van der Waals surface area (Å²) in [6.45, 7) is 0. The molecule has 3 heteroatoms. The van der Waals surface area contributed by atoms with E-state index in [4.69, 9.17) is 0 Å². The smallest absolute Gasteiger partial charge is 0.0820 e. The maximum absolute atomic E-state index is 2.52. The number of para-hydroxylation sites is 2. The maximum Gasteiger partial charge on any atom is 0.0820 e. The molecule has 1 unspecified atom stereocenters. The Labute approximate surface area is 364 Å². The lowest BCUT2D eigenvalue weighted by molar-refractivity contribution is 0.811. The van der Waals surface area contributed by atoms with Crippen LogP contribution in [0.25, 0.3) is 53.9 Å². The topological polar surface area (TPSA) is 6.48 Å². The fourth-order valence-corrected chi connectivity index (χ4v) is 12.0. The predicted octanol–water partition coefficient (Wildman–Crippen LogP) is 16.5. The Bertz CT molecular complexity index is 3550. The Morgan fingerprint density at radius 2 is 0.871 bits per heavy atom. The summed E-state index contributed by atoms with van der Waals surface area (Å²) in [4.78, 5) is 6.28. The Balaban J connectivity index is 1.11. The zero-order valence-electron chi connectivity index (χ0n) is 33.7.